The highest BCUT2D eigenvalue weighted by Crippen LogP contribution is 2.32. The van der Waals surface area contributed by atoms with E-state index < -0.39 is 31.7 Å². The maximum absolute atomic E-state index is 12.3. The molecule has 1 aliphatic carbocycles. The fourth-order valence-electron chi connectivity index (χ4n) is 2.54. The summed E-state index contributed by atoms with van der Waals surface area (Å²) in [7, 11) is -4.12. The number of hydrogen-bond donors (Lipinski definition) is 4. The number of aromatic amines is 2. The normalized spacial score (nSPS) is 26.7. The minimum absolute atomic E-state index is 0.333. The van der Waals surface area contributed by atoms with Gasteiger partial charge in [0.1, 0.15) is 0 Å². The lowest BCUT2D eigenvalue weighted by Crippen LogP contribution is -2.54. The molecule has 1 aliphatic rings. The summed E-state index contributed by atoms with van der Waals surface area (Å²) < 4.78 is 27.1. The molecule has 0 unspecified atom stereocenters. The van der Waals surface area contributed by atoms with Crippen LogP contribution < -0.4 is 16.0 Å². The first-order valence-electron chi connectivity index (χ1n) is 6.75. The van der Waals surface area contributed by atoms with Crippen LogP contribution in [0.4, 0.5) is 0 Å². The lowest BCUT2D eigenvalue weighted by atomic mass is 9.78. The van der Waals surface area contributed by atoms with Gasteiger partial charge < -0.3 is 10.1 Å². The van der Waals surface area contributed by atoms with Crippen molar-refractivity contribution in [3.63, 3.8) is 0 Å². The minimum Gasteiger partial charge on any atom is -0.394 e. The first-order valence-corrected chi connectivity index (χ1v) is 8.23. The molecule has 8 nitrogen and oxygen atoms in total. The zero-order chi connectivity index (χ0) is 15.7. The van der Waals surface area contributed by atoms with Crippen molar-refractivity contribution in [3.8, 4) is 0 Å². The van der Waals surface area contributed by atoms with Crippen molar-refractivity contribution in [3.05, 3.63) is 27.0 Å². The Hall–Kier alpha value is -1.45. The SMILES string of the molecule is CC1CCC(CO)(NS(=O)(=O)c2c[nH]c(=O)[nH]c2=O)CC1. The van der Waals surface area contributed by atoms with E-state index in [9.17, 15) is 23.1 Å². The highest BCUT2D eigenvalue weighted by atomic mass is 32.2. The van der Waals surface area contributed by atoms with Gasteiger partial charge in [-0.25, -0.2) is 17.9 Å². The monoisotopic (exact) mass is 317 g/mol. The number of aliphatic hydroxyl groups is 1. The fourth-order valence-corrected chi connectivity index (χ4v) is 4.00. The third-order valence-corrected chi connectivity index (χ3v) is 5.54. The molecule has 1 fully saturated rings. The van der Waals surface area contributed by atoms with E-state index in [0.717, 1.165) is 19.0 Å². The highest BCUT2D eigenvalue weighted by Gasteiger charge is 2.38. The van der Waals surface area contributed by atoms with E-state index in [2.05, 4.69) is 16.6 Å². The number of nitrogens with one attached hydrogen (secondary N) is 3. The predicted octanol–water partition coefficient (Wildman–Crippen LogP) is -0.717. The van der Waals surface area contributed by atoms with E-state index in [1.807, 2.05) is 4.98 Å². The van der Waals surface area contributed by atoms with Gasteiger partial charge in [0.15, 0.2) is 4.90 Å². The summed E-state index contributed by atoms with van der Waals surface area (Å²) in [6.07, 6.45) is 3.46. The van der Waals surface area contributed by atoms with Crippen molar-refractivity contribution in [2.24, 2.45) is 5.92 Å². The maximum atomic E-state index is 12.3. The topological polar surface area (TPSA) is 132 Å². The van der Waals surface area contributed by atoms with E-state index in [1.54, 1.807) is 0 Å². The second-order valence-corrected chi connectivity index (χ2v) is 7.31. The Morgan fingerprint density at radius 3 is 2.52 bits per heavy atom. The summed E-state index contributed by atoms with van der Waals surface area (Å²) in [4.78, 5) is 26.0. The molecule has 0 amide bonds. The minimum atomic E-state index is -4.12. The maximum Gasteiger partial charge on any atom is 0.325 e. The number of hydrogen-bond acceptors (Lipinski definition) is 5. The third-order valence-electron chi connectivity index (χ3n) is 3.96. The second-order valence-electron chi connectivity index (χ2n) is 5.66. The number of H-pyrrole nitrogens is 2. The van der Waals surface area contributed by atoms with Crippen LogP contribution in [0.3, 0.4) is 0 Å². The molecule has 1 aromatic heterocycles. The molecular weight excluding hydrogens is 298 g/mol. The smallest absolute Gasteiger partial charge is 0.325 e. The van der Waals surface area contributed by atoms with E-state index in [4.69, 9.17) is 0 Å². The average Bonchev–Trinajstić information content (AvgIpc) is 2.41. The molecule has 0 radical (unpaired) electrons. The van der Waals surface area contributed by atoms with Crippen LogP contribution >= 0.6 is 0 Å². The van der Waals surface area contributed by atoms with Gasteiger partial charge >= 0.3 is 5.69 Å². The van der Waals surface area contributed by atoms with Crippen molar-refractivity contribution in [2.75, 3.05) is 6.61 Å². The molecule has 1 saturated carbocycles. The second kappa shape index (κ2) is 5.74. The van der Waals surface area contributed by atoms with Gasteiger partial charge in [-0.2, -0.15) is 0 Å². The Labute approximate surface area is 121 Å². The summed E-state index contributed by atoms with van der Waals surface area (Å²) in [5.74, 6) is 0.477. The Bertz CT molecular complexity index is 713. The van der Waals surface area contributed by atoms with Crippen LogP contribution in [0, 0.1) is 5.92 Å². The molecule has 4 N–H and O–H groups in total. The Balaban J connectivity index is 2.31. The summed E-state index contributed by atoms with van der Waals surface area (Å²) in [5, 5.41) is 9.58. The Morgan fingerprint density at radius 1 is 1.38 bits per heavy atom. The van der Waals surface area contributed by atoms with Gasteiger partial charge in [-0.05, 0) is 31.6 Å². The molecule has 0 aliphatic heterocycles. The van der Waals surface area contributed by atoms with E-state index in [-0.39, 0.29) is 6.61 Å². The quantitative estimate of drug-likeness (QED) is 0.582. The summed E-state index contributed by atoms with van der Waals surface area (Å²) in [5.41, 5.74) is -2.71. The molecule has 1 heterocycles. The molecule has 0 spiro atoms. The number of aromatic nitrogens is 2. The molecular formula is C12H19N3O5S. The number of rotatable bonds is 4. The molecule has 2 rings (SSSR count). The van der Waals surface area contributed by atoms with Crippen LogP contribution in [0.25, 0.3) is 0 Å². The van der Waals surface area contributed by atoms with Gasteiger partial charge in [0.2, 0.25) is 10.0 Å². The Kier molecular flexibility index (Phi) is 4.35. The predicted molar refractivity (Wildman–Crippen MR) is 75.5 cm³/mol. The van der Waals surface area contributed by atoms with Gasteiger partial charge in [0, 0.05) is 6.20 Å². The van der Waals surface area contributed by atoms with E-state index in [0.29, 0.717) is 18.8 Å². The van der Waals surface area contributed by atoms with Crippen LogP contribution in [-0.4, -0.2) is 35.6 Å². The third kappa shape index (κ3) is 3.42. The molecule has 0 bridgehead atoms. The fraction of sp³-hybridized carbons (Fsp3) is 0.667. The van der Waals surface area contributed by atoms with Crippen LogP contribution in [-0.2, 0) is 10.0 Å². The van der Waals surface area contributed by atoms with Crippen LogP contribution in [0.2, 0.25) is 0 Å². The van der Waals surface area contributed by atoms with Crippen molar-refractivity contribution < 1.29 is 13.5 Å². The van der Waals surface area contributed by atoms with Crippen LogP contribution in [0.1, 0.15) is 32.6 Å². The van der Waals surface area contributed by atoms with Gasteiger partial charge in [-0.15, -0.1) is 0 Å². The van der Waals surface area contributed by atoms with Gasteiger partial charge in [-0.3, -0.25) is 9.78 Å². The lowest BCUT2D eigenvalue weighted by Gasteiger charge is -2.38. The summed E-state index contributed by atoms with van der Waals surface area (Å²) in [6.45, 7) is 1.74. The first kappa shape index (κ1) is 15.9. The largest absolute Gasteiger partial charge is 0.394 e. The van der Waals surface area contributed by atoms with Gasteiger partial charge in [0.05, 0.1) is 12.1 Å². The average molecular weight is 317 g/mol. The van der Waals surface area contributed by atoms with Crippen molar-refractivity contribution >= 4 is 10.0 Å². The van der Waals surface area contributed by atoms with Crippen molar-refractivity contribution in [1.29, 1.82) is 0 Å². The number of aliphatic hydroxyl groups excluding tert-OH is 1. The van der Waals surface area contributed by atoms with Gasteiger partial charge in [-0.1, -0.05) is 6.92 Å². The van der Waals surface area contributed by atoms with Crippen LogP contribution in [0.15, 0.2) is 20.7 Å². The molecule has 0 saturated heterocycles. The molecule has 0 atom stereocenters. The van der Waals surface area contributed by atoms with Gasteiger partial charge in [0.25, 0.3) is 5.56 Å². The molecule has 1 aromatic rings. The lowest BCUT2D eigenvalue weighted by molar-refractivity contribution is 0.125. The summed E-state index contributed by atoms with van der Waals surface area (Å²) >= 11 is 0. The number of sulfonamides is 1. The molecule has 118 valence electrons. The van der Waals surface area contributed by atoms with E-state index >= 15 is 0 Å². The standard InChI is InChI=1S/C12H19N3O5S/c1-8-2-4-12(7-16,5-3-8)15-21(19,20)9-6-13-11(18)14-10(9)17/h6,8,15-16H,2-5,7H2,1H3,(H2,13,14,17,18). The Morgan fingerprint density at radius 2 is 2.00 bits per heavy atom. The van der Waals surface area contributed by atoms with Crippen molar-refractivity contribution in [2.45, 2.75) is 43.0 Å². The molecule has 0 aromatic carbocycles. The molecule has 21 heavy (non-hydrogen) atoms. The van der Waals surface area contributed by atoms with E-state index in [1.165, 1.54) is 0 Å². The van der Waals surface area contributed by atoms with Crippen molar-refractivity contribution in [1.82, 2.24) is 14.7 Å². The zero-order valence-corrected chi connectivity index (χ0v) is 12.5. The summed E-state index contributed by atoms with van der Waals surface area (Å²) in [6, 6.07) is 0. The molecule has 9 heteroatoms. The first-order chi connectivity index (χ1) is 9.78. The van der Waals surface area contributed by atoms with Crippen LogP contribution in [0.5, 0.6) is 0 Å². The highest BCUT2D eigenvalue weighted by molar-refractivity contribution is 7.89. The zero-order valence-electron chi connectivity index (χ0n) is 11.7.